The summed E-state index contributed by atoms with van der Waals surface area (Å²) in [6.07, 6.45) is -0.0773. The van der Waals surface area contributed by atoms with E-state index in [2.05, 4.69) is 4.90 Å². The molecule has 17 heavy (non-hydrogen) atoms. The first-order chi connectivity index (χ1) is 8.19. The van der Waals surface area contributed by atoms with Crippen LogP contribution in [0.1, 0.15) is 5.56 Å². The van der Waals surface area contributed by atoms with Crippen LogP contribution in [-0.4, -0.2) is 42.4 Å². The van der Waals surface area contributed by atoms with Crippen molar-refractivity contribution in [3.05, 3.63) is 33.8 Å². The minimum absolute atomic E-state index is 0.0673. The highest BCUT2D eigenvalue weighted by molar-refractivity contribution is 6.42. The van der Waals surface area contributed by atoms with E-state index in [1.54, 1.807) is 0 Å². The van der Waals surface area contributed by atoms with Crippen LogP contribution in [0.5, 0.6) is 0 Å². The number of hydrogen-bond donors (Lipinski definition) is 1. The SMILES string of the molecule is OC[C@H]1CN(Cc2ccc(Cl)c(Cl)c2)CCO1. The first kappa shape index (κ1) is 13.1. The van der Waals surface area contributed by atoms with E-state index in [9.17, 15) is 0 Å². The van der Waals surface area contributed by atoms with Gasteiger partial charge in [0.25, 0.3) is 0 Å². The number of halogens is 2. The molecule has 0 spiro atoms. The van der Waals surface area contributed by atoms with Crippen LogP contribution in [0.2, 0.25) is 10.0 Å². The van der Waals surface area contributed by atoms with Gasteiger partial charge in [-0.05, 0) is 17.7 Å². The number of aliphatic hydroxyl groups excluding tert-OH is 1. The summed E-state index contributed by atoms with van der Waals surface area (Å²) in [5, 5.41) is 10.2. The number of ether oxygens (including phenoxy) is 1. The Labute approximate surface area is 111 Å². The van der Waals surface area contributed by atoms with E-state index in [1.807, 2.05) is 18.2 Å². The van der Waals surface area contributed by atoms with Crippen LogP contribution in [0, 0.1) is 0 Å². The van der Waals surface area contributed by atoms with Gasteiger partial charge in [-0.2, -0.15) is 0 Å². The lowest BCUT2D eigenvalue weighted by Crippen LogP contribution is -2.43. The van der Waals surface area contributed by atoms with Gasteiger partial charge in [0.05, 0.1) is 29.4 Å². The van der Waals surface area contributed by atoms with Gasteiger partial charge in [0.15, 0.2) is 0 Å². The quantitative estimate of drug-likeness (QED) is 0.918. The monoisotopic (exact) mass is 275 g/mol. The number of benzene rings is 1. The molecule has 1 atom stereocenters. The Morgan fingerprint density at radius 3 is 2.88 bits per heavy atom. The van der Waals surface area contributed by atoms with E-state index in [-0.39, 0.29) is 12.7 Å². The number of nitrogens with zero attached hydrogens (tertiary/aromatic N) is 1. The summed E-state index contributed by atoms with van der Waals surface area (Å²) < 4.78 is 5.40. The highest BCUT2D eigenvalue weighted by atomic mass is 35.5. The molecule has 1 fully saturated rings. The van der Waals surface area contributed by atoms with Crippen LogP contribution in [0.15, 0.2) is 18.2 Å². The van der Waals surface area contributed by atoms with Crippen molar-refractivity contribution in [2.24, 2.45) is 0 Å². The third-order valence-electron chi connectivity index (χ3n) is 2.82. The number of rotatable bonds is 3. The summed E-state index contributed by atoms with van der Waals surface area (Å²) in [7, 11) is 0. The fraction of sp³-hybridized carbons (Fsp3) is 0.500. The second-order valence-corrected chi connectivity index (χ2v) is 4.97. The van der Waals surface area contributed by atoms with Gasteiger partial charge in [0.1, 0.15) is 0 Å². The number of aliphatic hydroxyl groups is 1. The summed E-state index contributed by atoms with van der Waals surface area (Å²) in [4.78, 5) is 2.24. The zero-order chi connectivity index (χ0) is 12.3. The highest BCUT2D eigenvalue weighted by Gasteiger charge is 2.19. The van der Waals surface area contributed by atoms with E-state index >= 15 is 0 Å². The molecule has 1 N–H and O–H groups in total. The maximum Gasteiger partial charge on any atom is 0.0933 e. The van der Waals surface area contributed by atoms with Gasteiger partial charge in [-0.25, -0.2) is 0 Å². The Morgan fingerprint density at radius 2 is 2.18 bits per heavy atom. The van der Waals surface area contributed by atoms with Crippen LogP contribution in [0.3, 0.4) is 0 Å². The van der Waals surface area contributed by atoms with E-state index in [1.165, 1.54) is 0 Å². The molecule has 1 aliphatic rings. The maximum absolute atomic E-state index is 9.07. The van der Waals surface area contributed by atoms with Crippen molar-refractivity contribution in [2.75, 3.05) is 26.3 Å². The molecule has 1 aliphatic heterocycles. The molecule has 0 aliphatic carbocycles. The van der Waals surface area contributed by atoms with Crippen molar-refractivity contribution in [3.8, 4) is 0 Å². The smallest absolute Gasteiger partial charge is 0.0933 e. The predicted molar refractivity (Wildman–Crippen MR) is 68.6 cm³/mol. The molecule has 0 saturated carbocycles. The summed E-state index contributed by atoms with van der Waals surface area (Å²) in [5.41, 5.74) is 1.12. The van der Waals surface area contributed by atoms with Crippen LogP contribution in [0.25, 0.3) is 0 Å². The maximum atomic E-state index is 9.07. The molecule has 0 aromatic heterocycles. The first-order valence-corrected chi connectivity index (χ1v) is 6.33. The van der Waals surface area contributed by atoms with Crippen LogP contribution in [0.4, 0.5) is 0 Å². The summed E-state index contributed by atoms with van der Waals surface area (Å²) in [6, 6.07) is 5.66. The molecule has 5 heteroatoms. The average molecular weight is 276 g/mol. The second kappa shape index (κ2) is 6.03. The molecule has 0 radical (unpaired) electrons. The Morgan fingerprint density at radius 1 is 1.35 bits per heavy atom. The molecule has 1 heterocycles. The lowest BCUT2D eigenvalue weighted by molar-refractivity contribution is -0.0551. The molecule has 1 saturated heterocycles. The zero-order valence-electron chi connectivity index (χ0n) is 9.40. The molecule has 1 aromatic carbocycles. The van der Waals surface area contributed by atoms with Crippen LogP contribution >= 0.6 is 23.2 Å². The third kappa shape index (κ3) is 3.57. The largest absolute Gasteiger partial charge is 0.394 e. The Hall–Kier alpha value is -0.320. The molecule has 94 valence electrons. The summed E-state index contributed by atoms with van der Waals surface area (Å²) >= 11 is 11.8. The molecular weight excluding hydrogens is 261 g/mol. The summed E-state index contributed by atoms with van der Waals surface area (Å²) in [5.74, 6) is 0. The number of hydrogen-bond acceptors (Lipinski definition) is 3. The molecule has 0 unspecified atom stereocenters. The Bertz CT molecular complexity index is 387. The molecule has 0 amide bonds. The van der Waals surface area contributed by atoms with Gasteiger partial charge in [-0.3, -0.25) is 4.90 Å². The third-order valence-corrected chi connectivity index (χ3v) is 3.56. The molecule has 2 rings (SSSR count). The van der Waals surface area contributed by atoms with Crippen molar-refractivity contribution < 1.29 is 9.84 Å². The Balaban J connectivity index is 1.97. The first-order valence-electron chi connectivity index (χ1n) is 5.58. The topological polar surface area (TPSA) is 32.7 Å². The standard InChI is InChI=1S/C12H15Cl2NO2/c13-11-2-1-9(5-12(11)14)6-15-3-4-17-10(7-15)8-16/h1-2,5,10,16H,3-4,6-8H2/t10-/m1/s1. The Kier molecular flexibility index (Phi) is 4.65. The number of morpholine rings is 1. The average Bonchev–Trinajstić information content (AvgIpc) is 2.34. The van der Waals surface area contributed by atoms with E-state index in [4.69, 9.17) is 33.0 Å². The van der Waals surface area contributed by atoms with Crippen molar-refractivity contribution in [1.82, 2.24) is 4.90 Å². The lowest BCUT2D eigenvalue weighted by Gasteiger charge is -2.32. The molecule has 1 aromatic rings. The normalized spacial score (nSPS) is 21.7. The van der Waals surface area contributed by atoms with Crippen molar-refractivity contribution in [1.29, 1.82) is 0 Å². The lowest BCUT2D eigenvalue weighted by atomic mass is 10.2. The van der Waals surface area contributed by atoms with Crippen molar-refractivity contribution in [3.63, 3.8) is 0 Å². The highest BCUT2D eigenvalue weighted by Crippen LogP contribution is 2.23. The van der Waals surface area contributed by atoms with E-state index in [0.29, 0.717) is 16.7 Å². The van der Waals surface area contributed by atoms with Crippen LogP contribution < -0.4 is 0 Å². The van der Waals surface area contributed by atoms with Gasteiger partial charge in [-0.1, -0.05) is 29.3 Å². The van der Waals surface area contributed by atoms with Gasteiger partial charge in [0.2, 0.25) is 0 Å². The fourth-order valence-corrected chi connectivity index (χ4v) is 2.25. The predicted octanol–water partition coefficient (Wildman–Crippen LogP) is 2.19. The van der Waals surface area contributed by atoms with Crippen LogP contribution in [-0.2, 0) is 11.3 Å². The second-order valence-electron chi connectivity index (χ2n) is 4.16. The fourth-order valence-electron chi connectivity index (χ4n) is 1.93. The minimum Gasteiger partial charge on any atom is -0.394 e. The van der Waals surface area contributed by atoms with Crippen molar-refractivity contribution in [2.45, 2.75) is 12.6 Å². The molecular formula is C12H15Cl2NO2. The molecule has 3 nitrogen and oxygen atoms in total. The zero-order valence-corrected chi connectivity index (χ0v) is 10.9. The minimum atomic E-state index is -0.0773. The van der Waals surface area contributed by atoms with Gasteiger partial charge in [-0.15, -0.1) is 0 Å². The van der Waals surface area contributed by atoms with Crippen molar-refractivity contribution >= 4 is 23.2 Å². The summed E-state index contributed by atoms with van der Waals surface area (Å²) in [6.45, 7) is 3.15. The molecule has 0 bridgehead atoms. The van der Waals surface area contributed by atoms with E-state index in [0.717, 1.165) is 25.2 Å². The van der Waals surface area contributed by atoms with Gasteiger partial charge in [0, 0.05) is 19.6 Å². The van der Waals surface area contributed by atoms with E-state index < -0.39 is 0 Å². The van der Waals surface area contributed by atoms with Gasteiger partial charge < -0.3 is 9.84 Å². The van der Waals surface area contributed by atoms with Gasteiger partial charge >= 0.3 is 0 Å².